The first-order valence-electron chi connectivity index (χ1n) is 7.70. The topological polar surface area (TPSA) is 46.2 Å². The third kappa shape index (κ3) is 3.24. The van der Waals surface area contributed by atoms with Crippen LogP contribution in [-0.2, 0) is 16.3 Å². The first kappa shape index (κ1) is 16.0. The van der Waals surface area contributed by atoms with Gasteiger partial charge in [0.25, 0.3) is 0 Å². The predicted molar refractivity (Wildman–Crippen MR) is 89.8 cm³/mol. The average molecular weight is 333 g/mol. The van der Waals surface area contributed by atoms with Gasteiger partial charge in [0.05, 0.1) is 16.6 Å². The molecule has 2 aromatic rings. The van der Waals surface area contributed by atoms with E-state index in [1.54, 1.807) is 0 Å². The Morgan fingerprint density at radius 2 is 1.91 bits per heavy atom. The number of hydrogen-bond acceptors (Lipinski definition) is 3. The molecule has 2 unspecified atom stereocenters. The van der Waals surface area contributed by atoms with Gasteiger partial charge in [-0.3, -0.25) is 0 Å². The largest absolute Gasteiger partial charge is 0.377 e. The number of sulfone groups is 1. The van der Waals surface area contributed by atoms with Crippen LogP contribution in [0.15, 0.2) is 47.4 Å². The molecule has 3 rings (SSSR count). The number of nitrogens with one attached hydrogen (secondary N) is 1. The zero-order valence-corrected chi connectivity index (χ0v) is 14.0. The molecule has 2 aromatic carbocycles. The number of fused-ring (bicyclic) bond motifs is 1. The van der Waals surface area contributed by atoms with Gasteiger partial charge in [-0.15, -0.1) is 0 Å². The second-order valence-electron chi connectivity index (χ2n) is 6.25. The summed E-state index contributed by atoms with van der Waals surface area (Å²) in [4.78, 5) is 0.133. The minimum atomic E-state index is -3.43. The highest BCUT2D eigenvalue weighted by Gasteiger charge is 2.27. The molecule has 2 atom stereocenters. The molecule has 0 fully saturated rings. The summed E-state index contributed by atoms with van der Waals surface area (Å²) in [6, 6.07) is 11.9. The molecule has 0 saturated carbocycles. The summed E-state index contributed by atoms with van der Waals surface area (Å²) < 4.78 is 37.6. The Morgan fingerprint density at radius 1 is 1.17 bits per heavy atom. The standard InChI is InChI=1S/C18H20FNO2S/c1-12-7-8-13-5-3-4-6-15(13)18(12)20-16-11-14(19)9-10-17(16)23(2,21)22/h3-6,9-12,18,20H,7-8H2,1-2H3. The fourth-order valence-corrected chi connectivity index (χ4v) is 4.08. The van der Waals surface area contributed by atoms with E-state index in [2.05, 4.69) is 24.4 Å². The van der Waals surface area contributed by atoms with Crippen LogP contribution in [-0.4, -0.2) is 14.7 Å². The predicted octanol–water partition coefficient (Wildman–Crippen LogP) is 3.96. The maximum atomic E-state index is 13.6. The summed E-state index contributed by atoms with van der Waals surface area (Å²) in [5, 5.41) is 3.28. The molecule has 3 nitrogen and oxygen atoms in total. The SMILES string of the molecule is CC1CCc2ccccc2C1Nc1cc(F)ccc1S(C)(=O)=O. The molecule has 1 aliphatic rings. The molecule has 1 N–H and O–H groups in total. The quantitative estimate of drug-likeness (QED) is 0.865. The molecule has 0 spiro atoms. The van der Waals surface area contributed by atoms with Gasteiger partial charge in [0.1, 0.15) is 5.82 Å². The van der Waals surface area contributed by atoms with E-state index < -0.39 is 15.7 Å². The van der Waals surface area contributed by atoms with Crippen LogP contribution in [0, 0.1) is 11.7 Å². The van der Waals surface area contributed by atoms with E-state index in [4.69, 9.17) is 0 Å². The third-order valence-electron chi connectivity index (χ3n) is 4.48. The summed E-state index contributed by atoms with van der Waals surface area (Å²) in [6.45, 7) is 2.13. The van der Waals surface area contributed by atoms with E-state index in [-0.39, 0.29) is 10.9 Å². The lowest BCUT2D eigenvalue weighted by atomic mass is 9.80. The Hall–Kier alpha value is -1.88. The van der Waals surface area contributed by atoms with Gasteiger partial charge in [-0.1, -0.05) is 31.2 Å². The van der Waals surface area contributed by atoms with Gasteiger partial charge in [-0.05, 0) is 48.1 Å². The number of anilines is 1. The van der Waals surface area contributed by atoms with Crippen molar-refractivity contribution in [1.82, 2.24) is 0 Å². The van der Waals surface area contributed by atoms with Crippen LogP contribution in [0.1, 0.15) is 30.5 Å². The minimum Gasteiger partial charge on any atom is -0.377 e. The molecule has 23 heavy (non-hydrogen) atoms. The van der Waals surface area contributed by atoms with E-state index >= 15 is 0 Å². The first-order valence-corrected chi connectivity index (χ1v) is 9.59. The van der Waals surface area contributed by atoms with Crippen LogP contribution in [0.25, 0.3) is 0 Å². The molecule has 5 heteroatoms. The van der Waals surface area contributed by atoms with Crippen molar-refractivity contribution in [1.29, 1.82) is 0 Å². The summed E-state index contributed by atoms with van der Waals surface area (Å²) in [6.07, 6.45) is 3.17. The molecule has 0 bridgehead atoms. The Morgan fingerprint density at radius 3 is 2.65 bits per heavy atom. The summed E-state index contributed by atoms with van der Waals surface area (Å²) in [5.41, 5.74) is 2.76. The van der Waals surface area contributed by atoms with Crippen LogP contribution >= 0.6 is 0 Å². The molecule has 1 aliphatic carbocycles. The van der Waals surface area contributed by atoms with Crippen molar-refractivity contribution in [2.75, 3.05) is 11.6 Å². The lowest BCUT2D eigenvalue weighted by Crippen LogP contribution is -2.25. The van der Waals surface area contributed by atoms with Gasteiger partial charge in [0.2, 0.25) is 0 Å². The van der Waals surface area contributed by atoms with E-state index in [0.717, 1.165) is 24.7 Å². The van der Waals surface area contributed by atoms with Gasteiger partial charge in [0.15, 0.2) is 9.84 Å². The van der Waals surface area contributed by atoms with Gasteiger partial charge < -0.3 is 5.32 Å². The molecule has 0 saturated heterocycles. The van der Waals surface area contributed by atoms with Crippen molar-refractivity contribution < 1.29 is 12.8 Å². The maximum Gasteiger partial charge on any atom is 0.177 e. The van der Waals surface area contributed by atoms with Crippen LogP contribution in [0.3, 0.4) is 0 Å². The fourth-order valence-electron chi connectivity index (χ4n) is 3.25. The normalized spacial score (nSPS) is 20.8. The molecule has 0 amide bonds. The third-order valence-corrected chi connectivity index (χ3v) is 5.64. The summed E-state index contributed by atoms with van der Waals surface area (Å²) in [7, 11) is -3.43. The molecular formula is C18H20FNO2S. The number of hydrogen-bond donors (Lipinski definition) is 1. The summed E-state index contributed by atoms with van der Waals surface area (Å²) >= 11 is 0. The van der Waals surface area contributed by atoms with E-state index in [1.165, 1.54) is 23.8 Å². The molecule has 0 heterocycles. The van der Waals surface area contributed by atoms with Crippen molar-refractivity contribution >= 4 is 15.5 Å². The Bertz CT molecular complexity index is 833. The second-order valence-corrected chi connectivity index (χ2v) is 8.23. The van der Waals surface area contributed by atoms with Crippen molar-refractivity contribution in [3.05, 3.63) is 59.4 Å². The van der Waals surface area contributed by atoms with Gasteiger partial charge in [0, 0.05) is 6.26 Å². The zero-order valence-electron chi connectivity index (χ0n) is 13.2. The molecule has 0 radical (unpaired) electrons. The number of aryl methyl sites for hydroxylation is 1. The molecule has 0 aliphatic heterocycles. The lowest BCUT2D eigenvalue weighted by molar-refractivity contribution is 0.433. The van der Waals surface area contributed by atoms with Crippen LogP contribution in [0.5, 0.6) is 0 Å². The van der Waals surface area contributed by atoms with Crippen molar-refractivity contribution in [3.63, 3.8) is 0 Å². The van der Waals surface area contributed by atoms with Crippen LogP contribution in [0.4, 0.5) is 10.1 Å². The number of benzene rings is 2. The monoisotopic (exact) mass is 333 g/mol. The van der Waals surface area contributed by atoms with Crippen molar-refractivity contribution in [2.24, 2.45) is 5.92 Å². The van der Waals surface area contributed by atoms with Crippen LogP contribution < -0.4 is 5.32 Å². The van der Waals surface area contributed by atoms with Gasteiger partial charge in [-0.25, -0.2) is 12.8 Å². The van der Waals surface area contributed by atoms with Gasteiger partial charge in [-0.2, -0.15) is 0 Å². The van der Waals surface area contributed by atoms with E-state index in [9.17, 15) is 12.8 Å². The Kier molecular flexibility index (Phi) is 4.15. The minimum absolute atomic E-state index is 0.0257. The number of rotatable bonds is 3. The van der Waals surface area contributed by atoms with Crippen molar-refractivity contribution in [2.45, 2.75) is 30.7 Å². The highest BCUT2D eigenvalue weighted by atomic mass is 32.2. The highest BCUT2D eigenvalue weighted by Crippen LogP contribution is 2.38. The molecule has 122 valence electrons. The lowest BCUT2D eigenvalue weighted by Gasteiger charge is -2.33. The van der Waals surface area contributed by atoms with Crippen LogP contribution in [0.2, 0.25) is 0 Å². The first-order chi connectivity index (χ1) is 10.9. The number of halogens is 1. The average Bonchev–Trinajstić information content (AvgIpc) is 2.49. The zero-order chi connectivity index (χ0) is 16.6. The van der Waals surface area contributed by atoms with E-state index in [1.807, 2.05) is 12.1 Å². The van der Waals surface area contributed by atoms with Crippen molar-refractivity contribution in [3.8, 4) is 0 Å². The van der Waals surface area contributed by atoms with Gasteiger partial charge >= 0.3 is 0 Å². The second kappa shape index (κ2) is 5.96. The Labute approximate surface area is 136 Å². The highest BCUT2D eigenvalue weighted by molar-refractivity contribution is 7.90. The molecular weight excluding hydrogens is 313 g/mol. The fraction of sp³-hybridized carbons (Fsp3) is 0.333. The molecule has 0 aromatic heterocycles. The Balaban J connectivity index is 2.04. The smallest absolute Gasteiger partial charge is 0.177 e. The van der Waals surface area contributed by atoms with E-state index in [0.29, 0.717) is 11.6 Å². The summed E-state index contributed by atoms with van der Waals surface area (Å²) in [5.74, 6) is -0.114. The maximum absolute atomic E-state index is 13.6.